The van der Waals surface area contributed by atoms with Crippen molar-refractivity contribution < 1.29 is 9.47 Å². The van der Waals surface area contributed by atoms with E-state index in [1.807, 2.05) is 6.92 Å². The van der Waals surface area contributed by atoms with Crippen LogP contribution in [0.1, 0.15) is 12.0 Å². The molecule has 0 unspecified atom stereocenters. The van der Waals surface area contributed by atoms with Crippen molar-refractivity contribution in [2.75, 3.05) is 38.8 Å². The molecule has 6 heteroatoms. The normalized spacial score (nSPS) is 10.5. The minimum absolute atomic E-state index is 0.259. The molecule has 17 heavy (non-hydrogen) atoms. The molecule has 1 heterocycles. The molecule has 0 fully saturated rings. The molecule has 0 aliphatic carbocycles. The average molecular weight is 260 g/mol. The fourth-order valence-electron chi connectivity index (χ4n) is 1.22. The third kappa shape index (κ3) is 5.81. The Morgan fingerprint density at radius 3 is 2.94 bits per heavy atom. The molecule has 0 saturated heterocycles. The van der Waals surface area contributed by atoms with E-state index in [4.69, 9.17) is 21.1 Å². The quantitative estimate of drug-likeness (QED) is 0.571. The van der Waals surface area contributed by atoms with E-state index in [1.165, 1.54) is 0 Å². The Balaban J connectivity index is 2.15. The van der Waals surface area contributed by atoms with Crippen molar-refractivity contribution in [1.29, 1.82) is 0 Å². The van der Waals surface area contributed by atoms with E-state index in [0.29, 0.717) is 19.8 Å². The fraction of sp³-hybridized carbons (Fsp3) is 0.636. The molecule has 0 aromatic carbocycles. The van der Waals surface area contributed by atoms with Crippen LogP contribution in [0.5, 0.6) is 0 Å². The first-order valence-electron chi connectivity index (χ1n) is 5.53. The minimum Gasteiger partial charge on any atom is -0.382 e. The third-order valence-corrected chi connectivity index (χ3v) is 2.31. The largest absolute Gasteiger partial charge is 0.382 e. The molecule has 0 aliphatic rings. The van der Waals surface area contributed by atoms with Gasteiger partial charge in [0.1, 0.15) is 5.82 Å². The number of nitrogens with zero attached hydrogens (tertiary/aromatic N) is 2. The van der Waals surface area contributed by atoms with Gasteiger partial charge in [0.2, 0.25) is 5.28 Å². The summed E-state index contributed by atoms with van der Waals surface area (Å²) in [7, 11) is 1.66. The molecular formula is C11H18ClN3O2. The lowest BCUT2D eigenvalue weighted by molar-refractivity contribution is 0.0705. The van der Waals surface area contributed by atoms with Gasteiger partial charge in [-0.25, -0.2) is 9.97 Å². The van der Waals surface area contributed by atoms with Crippen molar-refractivity contribution in [1.82, 2.24) is 9.97 Å². The number of ether oxygens (including phenoxy) is 2. The summed E-state index contributed by atoms with van der Waals surface area (Å²) in [6, 6.07) is 0. The van der Waals surface area contributed by atoms with Crippen LogP contribution in [0.4, 0.5) is 5.82 Å². The highest BCUT2D eigenvalue weighted by atomic mass is 35.5. The Morgan fingerprint density at radius 2 is 2.18 bits per heavy atom. The molecule has 0 spiro atoms. The first kappa shape index (κ1) is 14.2. The van der Waals surface area contributed by atoms with Gasteiger partial charge in [-0.1, -0.05) is 0 Å². The standard InChI is InChI=1S/C11H18ClN3O2/c1-9-8-14-11(12)15-10(9)13-4-3-5-17-7-6-16-2/h8H,3-7H2,1-2H3,(H,13,14,15). The lowest BCUT2D eigenvalue weighted by atomic mass is 10.3. The minimum atomic E-state index is 0.259. The Bertz CT molecular complexity index is 336. The zero-order valence-corrected chi connectivity index (χ0v) is 11.0. The average Bonchev–Trinajstić information content (AvgIpc) is 2.32. The van der Waals surface area contributed by atoms with Crippen LogP contribution in [0.2, 0.25) is 5.28 Å². The number of hydrogen-bond donors (Lipinski definition) is 1. The van der Waals surface area contributed by atoms with Crippen LogP contribution in [0.3, 0.4) is 0 Å². The molecule has 0 amide bonds. The number of methoxy groups -OCH3 is 1. The molecule has 0 radical (unpaired) electrons. The summed E-state index contributed by atoms with van der Waals surface area (Å²) in [6.45, 7) is 4.70. The van der Waals surface area contributed by atoms with Crippen molar-refractivity contribution >= 4 is 17.4 Å². The number of aromatic nitrogens is 2. The second kappa shape index (κ2) is 8.22. The number of rotatable bonds is 8. The van der Waals surface area contributed by atoms with Gasteiger partial charge in [-0.2, -0.15) is 0 Å². The molecule has 1 aromatic rings. The maximum Gasteiger partial charge on any atom is 0.224 e. The van der Waals surface area contributed by atoms with Gasteiger partial charge in [-0.3, -0.25) is 0 Å². The summed E-state index contributed by atoms with van der Waals surface area (Å²) in [5.41, 5.74) is 0.981. The van der Waals surface area contributed by atoms with Gasteiger partial charge in [0.25, 0.3) is 0 Å². The maximum absolute atomic E-state index is 5.71. The zero-order chi connectivity index (χ0) is 12.5. The third-order valence-electron chi connectivity index (χ3n) is 2.13. The van der Waals surface area contributed by atoms with Crippen molar-refractivity contribution in [3.63, 3.8) is 0 Å². The van der Waals surface area contributed by atoms with Crippen LogP contribution in [0.15, 0.2) is 6.20 Å². The predicted molar refractivity (Wildman–Crippen MR) is 67.6 cm³/mol. The first-order valence-corrected chi connectivity index (χ1v) is 5.91. The monoisotopic (exact) mass is 259 g/mol. The van der Waals surface area contributed by atoms with Gasteiger partial charge >= 0.3 is 0 Å². The number of nitrogens with one attached hydrogen (secondary N) is 1. The van der Waals surface area contributed by atoms with Gasteiger partial charge in [0.15, 0.2) is 0 Å². The molecular weight excluding hydrogens is 242 g/mol. The van der Waals surface area contributed by atoms with Crippen LogP contribution >= 0.6 is 11.6 Å². The van der Waals surface area contributed by atoms with Crippen molar-refractivity contribution in [3.05, 3.63) is 17.0 Å². The van der Waals surface area contributed by atoms with Gasteiger partial charge in [0, 0.05) is 32.0 Å². The van der Waals surface area contributed by atoms with Gasteiger partial charge in [-0.05, 0) is 24.9 Å². The number of aryl methyl sites for hydroxylation is 1. The van der Waals surface area contributed by atoms with Crippen LogP contribution < -0.4 is 5.32 Å². The summed E-state index contributed by atoms with van der Waals surface area (Å²) in [5.74, 6) is 0.780. The van der Waals surface area contributed by atoms with E-state index in [-0.39, 0.29) is 5.28 Å². The summed E-state index contributed by atoms with van der Waals surface area (Å²) >= 11 is 5.71. The SMILES string of the molecule is COCCOCCCNc1nc(Cl)ncc1C. The summed E-state index contributed by atoms with van der Waals surface area (Å²) < 4.78 is 10.2. The molecule has 0 bridgehead atoms. The van der Waals surface area contributed by atoms with Gasteiger partial charge in [-0.15, -0.1) is 0 Å². The van der Waals surface area contributed by atoms with Crippen molar-refractivity contribution in [2.45, 2.75) is 13.3 Å². The van der Waals surface area contributed by atoms with Gasteiger partial charge < -0.3 is 14.8 Å². The molecule has 0 aliphatic heterocycles. The smallest absolute Gasteiger partial charge is 0.224 e. The van der Waals surface area contributed by atoms with E-state index >= 15 is 0 Å². The molecule has 1 rings (SSSR count). The van der Waals surface area contributed by atoms with E-state index in [9.17, 15) is 0 Å². The Kier molecular flexibility index (Phi) is 6.84. The van der Waals surface area contributed by atoms with E-state index in [1.54, 1.807) is 13.3 Å². The fourth-order valence-corrected chi connectivity index (χ4v) is 1.36. The highest BCUT2D eigenvalue weighted by Gasteiger charge is 2.00. The Labute approximate surface area is 107 Å². The second-order valence-electron chi connectivity index (χ2n) is 3.56. The van der Waals surface area contributed by atoms with Gasteiger partial charge in [0.05, 0.1) is 13.2 Å². The molecule has 5 nitrogen and oxygen atoms in total. The second-order valence-corrected chi connectivity index (χ2v) is 3.89. The lowest BCUT2D eigenvalue weighted by Gasteiger charge is -2.08. The molecule has 1 aromatic heterocycles. The zero-order valence-electron chi connectivity index (χ0n) is 10.2. The van der Waals surface area contributed by atoms with Crippen molar-refractivity contribution in [2.24, 2.45) is 0 Å². The molecule has 0 atom stereocenters. The van der Waals surface area contributed by atoms with Crippen molar-refractivity contribution in [3.8, 4) is 0 Å². The summed E-state index contributed by atoms with van der Waals surface area (Å²) in [4.78, 5) is 8.00. The predicted octanol–water partition coefficient (Wildman–Crippen LogP) is 1.90. The lowest BCUT2D eigenvalue weighted by Crippen LogP contribution is -2.10. The Hall–Kier alpha value is -0.910. The number of halogens is 1. The first-order chi connectivity index (χ1) is 8.24. The van der Waals surface area contributed by atoms with E-state index in [2.05, 4.69) is 15.3 Å². The van der Waals surface area contributed by atoms with Crippen LogP contribution in [-0.2, 0) is 9.47 Å². The van der Waals surface area contributed by atoms with Crippen LogP contribution in [0, 0.1) is 6.92 Å². The highest BCUT2D eigenvalue weighted by Crippen LogP contribution is 2.12. The maximum atomic E-state index is 5.71. The van der Waals surface area contributed by atoms with E-state index < -0.39 is 0 Å². The number of hydrogen-bond acceptors (Lipinski definition) is 5. The van der Waals surface area contributed by atoms with E-state index in [0.717, 1.165) is 24.3 Å². The summed E-state index contributed by atoms with van der Waals surface area (Å²) in [6.07, 6.45) is 2.61. The van der Waals surface area contributed by atoms with Crippen LogP contribution in [0.25, 0.3) is 0 Å². The molecule has 0 saturated carbocycles. The topological polar surface area (TPSA) is 56.3 Å². The Morgan fingerprint density at radius 1 is 1.35 bits per heavy atom. The highest BCUT2D eigenvalue weighted by molar-refractivity contribution is 6.28. The van der Waals surface area contributed by atoms with Crippen LogP contribution in [-0.4, -0.2) is 43.4 Å². The summed E-state index contributed by atoms with van der Waals surface area (Å²) in [5, 5.41) is 3.46. The molecule has 1 N–H and O–H groups in total. The number of anilines is 1. The molecule has 96 valence electrons.